The van der Waals surface area contributed by atoms with Crippen molar-refractivity contribution in [1.82, 2.24) is 15.6 Å². The lowest BCUT2D eigenvalue weighted by atomic mass is 10.2. The SMILES string of the molecule is CN=C(NCCc1csc(C(C)C)n1)NCc1ccccc1OCC1CC1.I. The molecule has 1 saturated carbocycles. The Labute approximate surface area is 189 Å². The predicted molar refractivity (Wildman–Crippen MR) is 128 cm³/mol. The highest BCUT2D eigenvalue weighted by Gasteiger charge is 2.22. The van der Waals surface area contributed by atoms with Crippen LogP contribution in [0.1, 0.15) is 48.9 Å². The number of aliphatic imine (C=N–C) groups is 1. The highest BCUT2D eigenvalue weighted by Crippen LogP contribution is 2.30. The van der Waals surface area contributed by atoms with Crippen molar-refractivity contribution < 1.29 is 4.74 Å². The maximum atomic E-state index is 5.98. The van der Waals surface area contributed by atoms with E-state index in [1.165, 1.54) is 17.8 Å². The molecule has 3 rings (SSSR count). The molecule has 1 aliphatic rings. The van der Waals surface area contributed by atoms with Gasteiger partial charge in [-0.2, -0.15) is 0 Å². The first kappa shape index (κ1) is 22.9. The van der Waals surface area contributed by atoms with Crippen LogP contribution >= 0.6 is 35.3 Å². The second-order valence-electron chi connectivity index (χ2n) is 7.30. The van der Waals surface area contributed by atoms with E-state index in [1.807, 2.05) is 18.2 Å². The molecule has 2 N–H and O–H groups in total. The van der Waals surface area contributed by atoms with Gasteiger partial charge in [-0.25, -0.2) is 4.98 Å². The van der Waals surface area contributed by atoms with Crippen LogP contribution in [0.3, 0.4) is 0 Å². The summed E-state index contributed by atoms with van der Waals surface area (Å²) in [5, 5.41) is 10.1. The highest BCUT2D eigenvalue weighted by atomic mass is 127. The quantitative estimate of drug-likeness (QED) is 0.292. The predicted octanol–water partition coefficient (Wildman–Crippen LogP) is 4.58. The van der Waals surface area contributed by atoms with Crippen LogP contribution in [0.5, 0.6) is 5.75 Å². The van der Waals surface area contributed by atoms with E-state index in [9.17, 15) is 0 Å². The van der Waals surface area contributed by atoms with Gasteiger partial charge in [0.2, 0.25) is 0 Å². The van der Waals surface area contributed by atoms with Gasteiger partial charge in [-0.3, -0.25) is 4.99 Å². The minimum atomic E-state index is 0. The fraction of sp³-hybridized carbons (Fsp3) is 0.524. The van der Waals surface area contributed by atoms with Crippen molar-refractivity contribution in [1.29, 1.82) is 0 Å². The third-order valence-electron chi connectivity index (χ3n) is 4.55. The molecule has 7 heteroatoms. The van der Waals surface area contributed by atoms with Crippen molar-refractivity contribution in [3.63, 3.8) is 0 Å². The molecule has 1 aromatic heterocycles. The second kappa shape index (κ2) is 11.6. The van der Waals surface area contributed by atoms with E-state index in [2.05, 4.69) is 45.9 Å². The normalized spacial score (nSPS) is 13.9. The van der Waals surface area contributed by atoms with Crippen molar-refractivity contribution in [2.45, 2.75) is 45.6 Å². The molecule has 0 unspecified atom stereocenters. The molecular formula is C21H31IN4OS. The Kier molecular flexibility index (Phi) is 9.50. The number of hydrogen-bond donors (Lipinski definition) is 2. The summed E-state index contributed by atoms with van der Waals surface area (Å²) in [4.78, 5) is 9.00. The van der Waals surface area contributed by atoms with Gasteiger partial charge in [-0.05, 0) is 24.8 Å². The molecule has 0 radical (unpaired) electrons. The van der Waals surface area contributed by atoms with E-state index < -0.39 is 0 Å². The van der Waals surface area contributed by atoms with E-state index in [0.717, 1.165) is 48.5 Å². The van der Waals surface area contributed by atoms with Gasteiger partial charge in [0.15, 0.2) is 5.96 Å². The van der Waals surface area contributed by atoms with Gasteiger partial charge in [0, 0.05) is 43.4 Å². The summed E-state index contributed by atoms with van der Waals surface area (Å²) in [7, 11) is 1.80. The number of thiazole rings is 1. The zero-order valence-electron chi connectivity index (χ0n) is 16.9. The average Bonchev–Trinajstić information content (AvgIpc) is 3.38. The third-order valence-corrected chi connectivity index (χ3v) is 5.75. The molecule has 0 atom stereocenters. The molecule has 154 valence electrons. The van der Waals surface area contributed by atoms with Crippen molar-refractivity contribution in [3.8, 4) is 5.75 Å². The van der Waals surface area contributed by atoms with E-state index >= 15 is 0 Å². The van der Waals surface area contributed by atoms with Crippen LogP contribution in [0.2, 0.25) is 0 Å². The molecule has 0 amide bonds. The molecule has 1 aliphatic carbocycles. The van der Waals surface area contributed by atoms with Crippen molar-refractivity contribution >= 4 is 41.3 Å². The number of guanidine groups is 1. The van der Waals surface area contributed by atoms with E-state index in [-0.39, 0.29) is 24.0 Å². The van der Waals surface area contributed by atoms with Gasteiger partial charge >= 0.3 is 0 Å². The standard InChI is InChI=1S/C21H30N4OS.HI/c1-15(2)20-25-18(14-27-20)10-11-23-21(22-3)24-12-17-6-4-5-7-19(17)26-13-16-8-9-16;/h4-7,14-16H,8-13H2,1-3H3,(H2,22,23,24);1H. The molecule has 2 aromatic rings. The lowest BCUT2D eigenvalue weighted by molar-refractivity contribution is 0.296. The van der Waals surface area contributed by atoms with E-state index in [1.54, 1.807) is 18.4 Å². The lowest BCUT2D eigenvalue weighted by Gasteiger charge is -2.14. The third kappa shape index (κ3) is 7.24. The lowest BCUT2D eigenvalue weighted by Crippen LogP contribution is -2.38. The topological polar surface area (TPSA) is 58.5 Å². The van der Waals surface area contributed by atoms with Gasteiger partial charge in [-0.1, -0.05) is 32.0 Å². The van der Waals surface area contributed by atoms with E-state index in [0.29, 0.717) is 12.5 Å². The van der Waals surface area contributed by atoms with Crippen LogP contribution in [0.15, 0.2) is 34.6 Å². The number of nitrogens with one attached hydrogen (secondary N) is 2. The van der Waals surface area contributed by atoms with E-state index in [4.69, 9.17) is 4.74 Å². The number of halogens is 1. The number of rotatable bonds is 9. The Morgan fingerprint density at radius 3 is 2.75 bits per heavy atom. The van der Waals surface area contributed by atoms with Crippen molar-refractivity contribution in [2.75, 3.05) is 20.2 Å². The molecule has 0 spiro atoms. The first-order valence-corrected chi connectivity index (χ1v) is 10.6. The summed E-state index contributed by atoms with van der Waals surface area (Å²) in [6.07, 6.45) is 3.49. The summed E-state index contributed by atoms with van der Waals surface area (Å²) in [5.74, 6) is 3.01. The summed E-state index contributed by atoms with van der Waals surface area (Å²) in [6.45, 7) is 6.68. The Bertz CT molecular complexity index is 758. The summed E-state index contributed by atoms with van der Waals surface area (Å²) in [6, 6.07) is 8.22. The van der Waals surface area contributed by atoms with Crippen LogP contribution in [-0.4, -0.2) is 31.1 Å². The number of aromatic nitrogens is 1. The van der Waals surface area contributed by atoms with Gasteiger partial charge < -0.3 is 15.4 Å². The molecule has 1 aromatic carbocycles. The molecule has 0 bridgehead atoms. The van der Waals surface area contributed by atoms with Crippen LogP contribution in [0.4, 0.5) is 0 Å². The maximum Gasteiger partial charge on any atom is 0.191 e. The van der Waals surface area contributed by atoms with Gasteiger partial charge in [0.1, 0.15) is 5.75 Å². The highest BCUT2D eigenvalue weighted by molar-refractivity contribution is 14.0. The molecular weight excluding hydrogens is 483 g/mol. The number of ether oxygens (including phenoxy) is 1. The minimum Gasteiger partial charge on any atom is -0.493 e. The number of benzene rings is 1. The Balaban J connectivity index is 0.00000280. The largest absolute Gasteiger partial charge is 0.493 e. The van der Waals surface area contributed by atoms with Crippen LogP contribution < -0.4 is 15.4 Å². The Hall–Kier alpha value is -1.35. The van der Waals surface area contributed by atoms with Crippen molar-refractivity contribution in [2.24, 2.45) is 10.9 Å². The van der Waals surface area contributed by atoms with Crippen LogP contribution in [0, 0.1) is 5.92 Å². The second-order valence-corrected chi connectivity index (χ2v) is 8.19. The summed E-state index contributed by atoms with van der Waals surface area (Å²) >= 11 is 1.74. The fourth-order valence-electron chi connectivity index (χ4n) is 2.69. The van der Waals surface area contributed by atoms with Gasteiger partial charge in [0.25, 0.3) is 0 Å². The molecule has 28 heavy (non-hydrogen) atoms. The summed E-state index contributed by atoms with van der Waals surface area (Å²) in [5.41, 5.74) is 2.30. The Morgan fingerprint density at radius 1 is 1.29 bits per heavy atom. The first-order chi connectivity index (χ1) is 13.2. The smallest absolute Gasteiger partial charge is 0.191 e. The van der Waals surface area contributed by atoms with Crippen LogP contribution in [-0.2, 0) is 13.0 Å². The minimum absolute atomic E-state index is 0. The number of nitrogens with zero attached hydrogens (tertiary/aromatic N) is 2. The van der Waals surface area contributed by atoms with Gasteiger partial charge in [-0.15, -0.1) is 35.3 Å². The zero-order valence-corrected chi connectivity index (χ0v) is 20.1. The monoisotopic (exact) mass is 514 g/mol. The van der Waals surface area contributed by atoms with Crippen LogP contribution in [0.25, 0.3) is 0 Å². The van der Waals surface area contributed by atoms with Crippen molar-refractivity contribution in [3.05, 3.63) is 45.9 Å². The first-order valence-electron chi connectivity index (χ1n) is 9.75. The number of para-hydroxylation sites is 1. The maximum absolute atomic E-state index is 5.98. The summed E-state index contributed by atoms with van der Waals surface area (Å²) < 4.78 is 5.98. The zero-order chi connectivity index (χ0) is 19.1. The average molecular weight is 514 g/mol. The molecule has 1 heterocycles. The molecule has 0 saturated heterocycles. The Morgan fingerprint density at radius 2 is 2.07 bits per heavy atom. The molecule has 0 aliphatic heterocycles. The van der Waals surface area contributed by atoms with Gasteiger partial charge in [0.05, 0.1) is 17.3 Å². The fourth-order valence-corrected chi connectivity index (χ4v) is 3.56. The number of hydrogen-bond acceptors (Lipinski definition) is 4. The molecule has 5 nitrogen and oxygen atoms in total. The molecule has 1 fully saturated rings.